The van der Waals surface area contributed by atoms with Gasteiger partial charge in [-0.3, -0.25) is 9.78 Å². The molecule has 5 rings (SSSR count). The highest BCUT2D eigenvalue weighted by Crippen LogP contribution is 2.43. The summed E-state index contributed by atoms with van der Waals surface area (Å²) in [5.74, 6) is -0.713. The summed E-state index contributed by atoms with van der Waals surface area (Å²) in [5.41, 5.74) is 3.84. The van der Waals surface area contributed by atoms with Crippen LogP contribution in [0.3, 0.4) is 0 Å². The fourth-order valence-corrected chi connectivity index (χ4v) is 4.08. The van der Waals surface area contributed by atoms with Crippen molar-refractivity contribution in [3.8, 4) is 0 Å². The van der Waals surface area contributed by atoms with Gasteiger partial charge >= 0.3 is 5.97 Å². The van der Waals surface area contributed by atoms with Crippen molar-refractivity contribution in [1.29, 1.82) is 0 Å². The van der Waals surface area contributed by atoms with E-state index in [0.717, 1.165) is 0 Å². The summed E-state index contributed by atoms with van der Waals surface area (Å²) in [5, 5.41) is 3.79. The number of pyridine rings is 1. The van der Waals surface area contributed by atoms with Gasteiger partial charge in [-0.05, 0) is 19.1 Å². The van der Waals surface area contributed by atoms with Crippen molar-refractivity contribution in [3.05, 3.63) is 99.8 Å². The smallest absolute Gasteiger partial charge is 0.336 e. The number of nitrogens with one attached hydrogen (secondary N) is 1. The van der Waals surface area contributed by atoms with E-state index in [1.807, 2.05) is 18.2 Å². The molecular formula is C24H17N3O4. The summed E-state index contributed by atoms with van der Waals surface area (Å²) in [6, 6.07) is 12.5. The molecule has 0 bridgehead atoms. The molecule has 4 heterocycles. The Hall–Kier alpha value is -4.18. The van der Waals surface area contributed by atoms with Gasteiger partial charge in [-0.1, -0.05) is 30.3 Å². The van der Waals surface area contributed by atoms with E-state index in [1.165, 1.54) is 0 Å². The van der Waals surface area contributed by atoms with Gasteiger partial charge in [-0.15, -0.1) is 0 Å². The number of ether oxygens (including phenoxy) is 1. The fourth-order valence-electron chi connectivity index (χ4n) is 4.08. The number of furan rings is 1. The van der Waals surface area contributed by atoms with Crippen molar-refractivity contribution in [2.75, 3.05) is 6.61 Å². The molecule has 1 aromatic carbocycles. The monoisotopic (exact) mass is 411 g/mol. The van der Waals surface area contributed by atoms with Gasteiger partial charge in [-0.25, -0.2) is 9.64 Å². The molecule has 2 aliphatic heterocycles. The number of Topliss-reactive ketones (excluding diaryl/α,β-unsaturated/α-hetero) is 1. The Labute approximate surface area is 177 Å². The van der Waals surface area contributed by atoms with Crippen LogP contribution in [-0.2, 0) is 16.0 Å². The van der Waals surface area contributed by atoms with E-state index in [4.69, 9.17) is 15.7 Å². The normalized spacial score (nSPS) is 17.9. The van der Waals surface area contributed by atoms with Crippen LogP contribution in [0.15, 0.2) is 75.7 Å². The molecule has 0 amide bonds. The molecule has 152 valence electrons. The number of carbonyl (C=O) groups is 2. The lowest BCUT2D eigenvalue weighted by molar-refractivity contribution is -0.136. The number of hydrogen-bond acceptors (Lipinski definition) is 6. The number of benzene rings is 1. The largest absolute Gasteiger partial charge is 0.461 e. The van der Waals surface area contributed by atoms with Gasteiger partial charge in [0.25, 0.3) is 0 Å². The molecule has 1 unspecified atom stereocenters. The fraction of sp³-hybridized carbons (Fsp3) is 0.167. The van der Waals surface area contributed by atoms with Crippen LogP contribution < -0.4 is 5.32 Å². The van der Waals surface area contributed by atoms with Crippen LogP contribution in [0.4, 0.5) is 0 Å². The van der Waals surface area contributed by atoms with Gasteiger partial charge in [-0.2, -0.15) is 0 Å². The number of allylic oxidation sites excluding steroid dienone is 2. The summed E-state index contributed by atoms with van der Waals surface area (Å²) in [7, 11) is 0. The molecule has 0 saturated carbocycles. The van der Waals surface area contributed by atoms with Crippen molar-refractivity contribution in [3.63, 3.8) is 0 Å². The zero-order valence-corrected chi connectivity index (χ0v) is 16.6. The number of carbonyl (C=O) groups excluding carboxylic acids is 2. The maximum absolute atomic E-state index is 12.7. The van der Waals surface area contributed by atoms with E-state index in [0.29, 0.717) is 50.7 Å². The lowest BCUT2D eigenvalue weighted by Gasteiger charge is -2.22. The molecule has 0 spiro atoms. The first-order chi connectivity index (χ1) is 15.1. The SMILES string of the molecule is [C-]#[N+]C1=C(C)NC2=C(C(=O)OC2)C1c1cc2c(CC(=O)c3ccccc3)nccc2o1. The number of aromatic nitrogens is 1. The minimum absolute atomic E-state index is 0.0489. The topological polar surface area (TPSA) is 85.8 Å². The van der Waals surface area contributed by atoms with Crippen molar-refractivity contribution >= 4 is 22.7 Å². The second kappa shape index (κ2) is 7.26. The summed E-state index contributed by atoms with van der Waals surface area (Å²) < 4.78 is 11.3. The van der Waals surface area contributed by atoms with E-state index < -0.39 is 11.9 Å². The van der Waals surface area contributed by atoms with Crippen LogP contribution in [0.2, 0.25) is 0 Å². The number of nitrogens with zero attached hydrogens (tertiary/aromatic N) is 2. The van der Waals surface area contributed by atoms with E-state index in [1.54, 1.807) is 37.4 Å². The van der Waals surface area contributed by atoms with Crippen LogP contribution in [-0.4, -0.2) is 23.3 Å². The van der Waals surface area contributed by atoms with Crippen LogP contribution in [0.5, 0.6) is 0 Å². The first kappa shape index (κ1) is 18.8. The zero-order valence-electron chi connectivity index (χ0n) is 16.6. The molecule has 0 radical (unpaired) electrons. The lowest BCUT2D eigenvalue weighted by atomic mass is 9.88. The third-order valence-corrected chi connectivity index (χ3v) is 5.55. The molecule has 3 aromatic rings. The molecule has 7 heteroatoms. The quantitative estimate of drug-likeness (QED) is 0.398. The van der Waals surface area contributed by atoms with Gasteiger partial charge in [0, 0.05) is 22.8 Å². The second-order valence-electron chi connectivity index (χ2n) is 7.43. The van der Waals surface area contributed by atoms with Crippen LogP contribution in [0, 0.1) is 6.57 Å². The van der Waals surface area contributed by atoms with Crippen molar-refractivity contribution in [1.82, 2.24) is 10.3 Å². The average molecular weight is 411 g/mol. The highest BCUT2D eigenvalue weighted by Gasteiger charge is 2.41. The van der Waals surface area contributed by atoms with Crippen molar-refractivity contribution in [2.45, 2.75) is 19.3 Å². The summed E-state index contributed by atoms with van der Waals surface area (Å²) in [4.78, 5) is 33.2. The Morgan fingerprint density at radius 1 is 1.29 bits per heavy atom. The number of esters is 1. The Morgan fingerprint density at radius 2 is 2.10 bits per heavy atom. The van der Waals surface area contributed by atoms with Gasteiger partial charge in [0.2, 0.25) is 0 Å². The van der Waals surface area contributed by atoms with E-state index in [-0.39, 0.29) is 18.8 Å². The lowest BCUT2D eigenvalue weighted by Crippen LogP contribution is -2.24. The Bertz CT molecular complexity index is 1340. The average Bonchev–Trinajstić information content (AvgIpc) is 3.37. The molecule has 2 aliphatic rings. The first-order valence-electron chi connectivity index (χ1n) is 9.78. The molecule has 1 N–H and O–H groups in total. The van der Waals surface area contributed by atoms with Crippen molar-refractivity contribution < 1.29 is 18.7 Å². The van der Waals surface area contributed by atoms with Crippen LogP contribution >= 0.6 is 0 Å². The Kier molecular flexibility index (Phi) is 4.41. The van der Waals surface area contributed by atoms with E-state index in [2.05, 4.69) is 15.1 Å². The zero-order chi connectivity index (χ0) is 21.5. The van der Waals surface area contributed by atoms with Gasteiger partial charge in [0.15, 0.2) is 11.5 Å². The van der Waals surface area contributed by atoms with Crippen LogP contribution in [0.1, 0.15) is 34.7 Å². The Morgan fingerprint density at radius 3 is 2.87 bits per heavy atom. The molecule has 31 heavy (non-hydrogen) atoms. The number of hydrogen-bond donors (Lipinski definition) is 1. The third kappa shape index (κ3) is 3.09. The van der Waals surface area contributed by atoms with Crippen LogP contribution in [0.25, 0.3) is 15.8 Å². The highest BCUT2D eigenvalue weighted by atomic mass is 16.5. The van der Waals surface area contributed by atoms with Gasteiger partial charge in [0.05, 0.1) is 35.9 Å². The number of dihydropyridines is 1. The maximum atomic E-state index is 12.7. The number of ketones is 1. The Balaban J connectivity index is 1.58. The molecule has 1 atom stereocenters. The minimum atomic E-state index is -0.658. The molecular weight excluding hydrogens is 394 g/mol. The molecule has 0 aliphatic carbocycles. The highest BCUT2D eigenvalue weighted by molar-refractivity contribution is 5.99. The van der Waals surface area contributed by atoms with Crippen molar-refractivity contribution in [2.24, 2.45) is 0 Å². The van der Waals surface area contributed by atoms with E-state index in [9.17, 15) is 9.59 Å². The van der Waals surface area contributed by atoms with Gasteiger partial charge < -0.3 is 14.5 Å². The molecule has 0 fully saturated rings. The summed E-state index contributed by atoms with van der Waals surface area (Å²) >= 11 is 0. The molecule has 2 aromatic heterocycles. The second-order valence-corrected chi connectivity index (χ2v) is 7.43. The van der Waals surface area contributed by atoms with Gasteiger partial charge in [0.1, 0.15) is 18.0 Å². The predicted octanol–water partition coefficient (Wildman–Crippen LogP) is 3.90. The number of cyclic esters (lactones) is 1. The molecule has 0 saturated heterocycles. The van der Waals surface area contributed by atoms with E-state index >= 15 is 0 Å². The number of rotatable bonds is 4. The first-order valence-corrected chi connectivity index (χ1v) is 9.78. The predicted molar refractivity (Wildman–Crippen MR) is 112 cm³/mol. The molecule has 7 nitrogen and oxygen atoms in total. The minimum Gasteiger partial charge on any atom is -0.461 e. The third-order valence-electron chi connectivity index (χ3n) is 5.55. The summed E-state index contributed by atoms with van der Waals surface area (Å²) in [6.45, 7) is 9.58. The maximum Gasteiger partial charge on any atom is 0.336 e. The standard InChI is InChI=1S/C24H17N3O4/c1-13-23(25-2)22(21-17(27-13)12-30-24(21)29)20-10-15-16(26-9-8-19(15)31-20)11-18(28)14-6-4-3-5-7-14/h3-10,22,27H,11-12H2,1H3. The number of fused-ring (bicyclic) bond motifs is 1. The summed E-state index contributed by atoms with van der Waals surface area (Å²) in [6.07, 6.45) is 1.71.